The van der Waals surface area contributed by atoms with Gasteiger partial charge in [-0.1, -0.05) is 37.6 Å². The summed E-state index contributed by atoms with van der Waals surface area (Å²) >= 11 is 0. The van der Waals surface area contributed by atoms with Gasteiger partial charge in [0.15, 0.2) is 0 Å². The summed E-state index contributed by atoms with van der Waals surface area (Å²) in [5.74, 6) is -0.131. The second kappa shape index (κ2) is 4.40. The molecule has 0 heterocycles. The summed E-state index contributed by atoms with van der Waals surface area (Å²) in [7, 11) is 0. The highest BCUT2D eigenvalue weighted by Gasteiger charge is 2.22. The zero-order valence-electron chi connectivity index (χ0n) is 10.1. The molecule has 1 aromatic carbocycles. The van der Waals surface area contributed by atoms with Crippen molar-refractivity contribution in [2.45, 2.75) is 39.5 Å². The number of rotatable bonds is 2. The Morgan fingerprint density at radius 2 is 2.12 bits per heavy atom. The SMILES string of the molecule is CC1(C)CCC=C(Cc2cccc(F)c2)C1. The fourth-order valence-corrected chi connectivity index (χ4v) is 2.49. The molecule has 2 rings (SSSR count). The average Bonchev–Trinajstić information content (AvgIpc) is 2.15. The smallest absolute Gasteiger partial charge is 0.123 e. The van der Waals surface area contributed by atoms with Crippen LogP contribution in [0.15, 0.2) is 35.9 Å². The van der Waals surface area contributed by atoms with E-state index in [1.807, 2.05) is 6.07 Å². The summed E-state index contributed by atoms with van der Waals surface area (Å²) in [5.41, 5.74) is 2.96. The normalized spacial score (nSPS) is 19.3. The maximum Gasteiger partial charge on any atom is 0.123 e. The van der Waals surface area contributed by atoms with Crippen molar-refractivity contribution in [3.8, 4) is 0 Å². The minimum absolute atomic E-state index is 0.131. The van der Waals surface area contributed by atoms with Crippen LogP contribution >= 0.6 is 0 Å². The van der Waals surface area contributed by atoms with Gasteiger partial charge in [-0.3, -0.25) is 0 Å². The molecule has 86 valence electrons. The first-order chi connectivity index (χ1) is 7.55. The van der Waals surface area contributed by atoms with Crippen molar-refractivity contribution < 1.29 is 4.39 Å². The van der Waals surface area contributed by atoms with Crippen LogP contribution in [0.5, 0.6) is 0 Å². The average molecular weight is 218 g/mol. The molecule has 0 amide bonds. The summed E-state index contributed by atoms with van der Waals surface area (Å²) in [6.45, 7) is 4.62. The Balaban J connectivity index is 2.08. The topological polar surface area (TPSA) is 0 Å². The molecular weight excluding hydrogens is 199 g/mol. The highest BCUT2D eigenvalue weighted by atomic mass is 19.1. The van der Waals surface area contributed by atoms with E-state index in [2.05, 4.69) is 19.9 Å². The Bertz CT molecular complexity index is 402. The summed E-state index contributed by atoms with van der Waals surface area (Å²) in [4.78, 5) is 0. The summed E-state index contributed by atoms with van der Waals surface area (Å²) in [5, 5.41) is 0. The third-order valence-corrected chi connectivity index (χ3v) is 3.28. The Hall–Kier alpha value is -1.11. The van der Waals surface area contributed by atoms with Crippen LogP contribution in [0.4, 0.5) is 4.39 Å². The first-order valence-electron chi connectivity index (χ1n) is 5.98. The molecule has 0 spiro atoms. The van der Waals surface area contributed by atoms with Gasteiger partial charge in [-0.15, -0.1) is 0 Å². The van der Waals surface area contributed by atoms with Crippen molar-refractivity contribution >= 4 is 0 Å². The fourth-order valence-electron chi connectivity index (χ4n) is 2.49. The molecule has 0 aliphatic heterocycles. The van der Waals surface area contributed by atoms with Crippen LogP contribution in [0.1, 0.15) is 38.7 Å². The van der Waals surface area contributed by atoms with Gasteiger partial charge in [-0.2, -0.15) is 0 Å². The van der Waals surface area contributed by atoms with Gasteiger partial charge < -0.3 is 0 Å². The first-order valence-corrected chi connectivity index (χ1v) is 5.98. The third kappa shape index (κ3) is 2.94. The van der Waals surface area contributed by atoms with E-state index in [-0.39, 0.29) is 5.82 Å². The maximum atomic E-state index is 13.1. The minimum atomic E-state index is -0.131. The molecule has 1 aliphatic carbocycles. The Labute approximate surface area is 97.2 Å². The molecule has 0 N–H and O–H groups in total. The molecule has 0 fully saturated rings. The zero-order chi connectivity index (χ0) is 11.6. The molecule has 0 nitrogen and oxygen atoms in total. The lowest BCUT2D eigenvalue weighted by Gasteiger charge is -2.29. The van der Waals surface area contributed by atoms with E-state index < -0.39 is 0 Å². The molecule has 0 saturated heterocycles. The van der Waals surface area contributed by atoms with Crippen molar-refractivity contribution in [1.82, 2.24) is 0 Å². The summed E-state index contributed by atoms with van der Waals surface area (Å²) < 4.78 is 13.1. The van der Waals surface area contributed by atoms with Crippen LogP contribution in [0, 0.1) is 11.2 Å². The van der Waals surface area contributed by atoms with Crippen LogP contribution in [-0.2, 0) is 6.42 Å². The van der Waals surface area contributed by atoms with Gasteiger partial charge in [0.1, 0.15) is 5.82 Å². The second-order valence-corrected chi connectivity index (χ2v) is 5.55. The number of halogens is 1. The van der Waals surface area contributed by atoms with Crippen molar-refractivity contribution in [2.24, 2.45) is 5.41 Å². The van der Waals surface area contributed by atoms with Gasteiger partial charge in [0.2, 0.25) is 0 Å². The lowest BCUT2D eigenvalue weighted by Crippen LogP contribution is -2.16. The number of benzene rings is 1. The van der Waals surface area contributed by atoms with Crippen molar-refractivity contribution in [3.05, 3.63) is 47.3 Å². The number of hydrogen-bond acceptors (Lipinski definition) is 0. The first kappa shape index (κ1) is 11.4. The van der Waals surface area contributed by atoms with Crippen LogP contribution in [0.3, 0.4) is 0 Å². The van der Waals surface area contributed by atoms with E-state index in [1.54, 1.807) is 12.1 Å². The van der Waals surface area contributed by atoms with E-state index in [0.29, 0.717) is 5.41 Å². The van der Waals surface area contributed by atoms with Gasteiger partial charge in [0.25, 0.3) is 0 Å². The standard InChI is InChI=1S/C15H19F/c1-15(2)8-4-6-13(11-15)9-12-5-3-7-14(16)10-12/h3,5-7,10H,4,8-9,11H2,1-2H3. The predicted octanol–water partition coefficient (Wildman–Crippen LogP) is 4.50. The molecule has 0 bridgehead atoms. The molecule has 0 unspecified atom stereocenters. The van der Waals surface area contributed by atoms with Gasteiger partial charge >= 0.3 is 0 Å². The van der Waals surface area contributed by atoms with Crippen LogP contribution in [-0.4, -0.2) is 0 Å². The summed E-state index contributed by atoms with van der Waals surface area (Å²) in [6, 6.07) is 6.94. The molecule has 16 heavy (non-hydrogen) atoms. The Morgan fingerprint density at radius 3 is 2.81 bits per heavy atom. The van der Waals surface area contributed by atoms with Crippen LogP contribution < -0.4 is 0 Å². The molecule has 1 heteroatoms. The van der Waals surface area contributed by atoms with Crippen molar-refractivity contribution in [3.63, 3.8) is 0 Å². The van der Waals surface area contributed by atoms with Gasteiger partial charge in [-0.05, 0) is 48.8 Å². The Morgan fingerprint density at radius 1 is 1.31 bits per heavy atom. The molecule has 0 radical (unpaired) electrons. The molecule has 0 atom stereocenters. The van der Waals surface area contributed by atoms with E-state index in [9.17, 15) is 4.39 Å². The lowest BCUT2D eigenvalue weighted by molar-refractivity contribution is 0.318. The Kier molecular flexibility index (Phi) is 3.13. The molecule has 0 aromatic heterocycles. The summed E-state index contributed by atoms with van der Waals surface area (Å²) in [6.07, 6.45) is 6.80. The highest BCUT2D eigenvalue weighted by molar-refractivity contribution is 5.24. The predicted molar refractivity (Wildman–Crippen MR) is 65.8 cm³/mol. The highest BCUT2D eigenvalue weighted by Crippen LogP contribution is 2.36. The van der Waals surface area contributed by atoms with Crippen LogP contribution in [0.2, 0.25) is 0 Å². The van der Waals surface area contributed by atoms with Gasteiger partial charge in [-0.25, -0.2) is 4.39 Å². The van der Waals surface area contributed by atoms with E-state index in [4.69, 9.17) is 0 Å². The molecular formula is C15H19F. The maximum absolute atomic E-state index is 13.1. The lowest BCUT2D eigenvalue weighted by atomic mass is 9.76. The number of hydrogen-bond donors (Lipinski definition) is 0. The van der Waals surface area contributed by atoms with E-state index >= 15 is 0 Å². The third-order valence-electron chi connectivity index (χ3n) is 3.28. The molecule has 1 aliphatic rings. The minimum Gasteiger partial charge on any atom is -0.207 e. The second-order valence-electron chi connectivity index (χ2n) is 5.55. The quantitative estimate of drug-likeness (QED) is 0.641. The largest absolute Gasteiger partial charge is 0.207 e. The zero-order valence-corrected chi connectivity index (χ0v) is 10.1. The number of allylic oxidation sites excluding steroid dienone is 2. The van der Waals surface area contributed by atoms with Crippen molar-refractivity contribution in [1.29, 1.82) is 0 Å². The van der Waals surface area contributed by atoms with Gasteiger partial charge in [0, 0.05) is 0 Å². The van der Waals surface area contributed by atoms with E-state index in [0.717, 1.165) is 24.8 Å². The van der Waals surface area contributed by atoms with E-state index in [1.165, 1.54) is 18.1 Å². The van der Waals surface area contributed by atoms with Gasteiger partial charge in [0.05, 0.1) is 0 Å². The van der Waals surface area contributed by atoms with Crippen molar-refractivity contribution in [2.75, 3.05) is 0 Å². The fraction of sp³-hybridized carbons (Fsp3) is 0.467. The molecule has 0 saturated carbocycles. The monoisotopic (exact) mass is 218 g/mol. The molecule has 1 aromatic rings. The van der Waals surface area contributed by atoms with Crippen LogP contribution in [0.25, 0.3) is 0 Å².